The predicted octanol–water partition coefficient (Wildman–Crippen LogP) is 2.91. The maximum Gasteiger partial charge on any atom is 0.339 e. The molecule has 0 unspecified atom stereocenters. The Bertz CT molecular complexity index is 641. The van der Waals surface area contributed by atoms with E-state index in [2.05, 4.69) is 15.3 Å². The van der Waals surface area contributed by atoms with Crippen LogP contribution in [0.5, 0.6) is 0 Å². The van der Waals surface area contributed by atoms with Crippen molar-refractivity contribution in [3.8, 4) is 0 Å². The number of carboxylic acids is 1. The molecule has 0 aromatic carbocycles. The number of rotatable bonds is 3. The van der Waals surface area contributed by atoms with Crippen molar-refractivity contribution in [3.63, 3.8) is 0 Å². The number of carbonyl (C=O) groups excluding carboxylic acids is 1. The van der Waals surface area contributed by atoms with Crippen molar-refractivity contribution in [2.75, 3.05) is 5.32 Å². The molecule has 0 saturated heterocycles. The summed E-state index contributed by atoms with van der Waals surface area (Å²) in [4.78, 5) is 28.3. The quantitative estimate of drug-likeness (QED) is 0.701. The first-order valence-corrected chi connectivity index (χ1v) is 5.92. The molecule has 0 spiro atoms. The zero-order valence-corrected chi connectivity index (χ0v) is 11.2. The van der Waals surface area contributed by atoms with Crippen molar-refractivity contribution in [2.24, 2.45) is 0 Å². The molecule has 0 aliphatic carbocycles. The molecule has 0 atom stereocenters. The minimum Gasteiger partial charge on any atom is -0.478 e. The lowest BCUT2D eigenvalue weighted by atomic mass is 10.2. The number of H-pyrrole nitrogens is 2. The van der Waals surface area contributed by atoms with Crippen LogP contribution in [0.15, 0.2) is 12.3 Å². The van der Waals surface area contributed by atoms with Gasteiger partial charge in [0.2, 0.25) is 0 Å². The second kappa shape index (κ2) is 4.99. The third-order valence-electron chi connectivity index (χ3n) is 2.51. The Hall–Kier alpha value is -1.92. The fraction of sp³-hybridized carbons (Fsp3) is 0.0909. The largest absolute Gasteiger partial charge is 0.478 e. The minimum absolute atomic E-state index is 0.0112. The molecule has 2 heterocycles. The van der Waals surface area contributed by atoms with Gasteiger partial charge in [-0.1, -0.05) is 23.2 Å². The van der Waals surface area contributed by atoms with E-state index in [0.717, 1.165) is 0 Å². The Labute approximate surface area is 117 Å². The van der Waals surface area contributed by atoms with Gasteiger partial charge in [-0.2, -0.15) is 0 Å². The van der Waals surface area contributed by atoms with Crippen LogP contribution >= 0.6 is 23.2 Å². The molecule has 2 aromatic rings. The highest BCUT2D eigenvalue weighted by molar-refractivity contribution is 6.41. The number of anilines is 1. The van der Waals surface area contributed by atoms with Gasteiger partial charge in [-0.15, -0.1) is 0 Å². The highest BCUT2D eigenvalue weighted by Crippen LogP contribution is 2.24. The van der Waals surface area contributed by atoms with E-state index in [-0.39, 0.29) is 27.1 Å². The average molecular weight is 302 g/mol. The summed E-state index contributed by atoms with van der Waals surface area (Å²) >= 11 is 11.4. The third-order valence-corrected chi connectivity index (χ3v) is 3.20. The van der Waals surface area contributed by atoms with Crippen molar-refractivity contribution in [2.45, 2.75) is 6.92 Å². The molecule has 0 aliphatic rings. The molecule has 0 fully saturated rings. The molecule has 0 aliphatic heterocycles. The smallest absolute Gasteiger partial charge is 0.339 e. The molecule has 2 rings (SSSR count). The number of aromatic carboxylic acids is 1. The van der Waals surface area contributed by atoms with Crippen LogP contribution in [-0.2, 0) is 0 Å². The summed E-state index contributed by atoms with van der Waals surface area (Å²) in [6, 6.07) is 1.36. The molecule has 4 N–H and O–H groups in total. The molecular formula is C11H9Cl2N3O3. The summed E-state index contributed by atoms with van der Waals surface area (Å²) < 4.78 is 0. The fourth-order valence-corrected chi connectivity index (χ4v) is 1.93. The lowest BCUT2D eigenvalue weighted by molar-refractivity contribution is 0.0697. The average Bonchev–Trinajstić information content (AvgIpc) is 2.84. The number of nitrogens with one attached hydrogen (secondary N) is 3. The number of carboxylic acid groups (broad SMARTS) is 1. The Kier molecular flexibility index (Phi) is 3.55. The number of halogens is 2. The van der Waals surface area contributed by atoms with Crippen molar-refractivity contribution in [3.05, 3.63) is 39.4 Å². The highest BCUT2D eigenvalue weighted by atomic mass is 35.5. The van der Waals surface area contributed by atoms with Crippen LogP contribution in [0, 0.1) is 6.92 Å². The molecule has 0 bridgehead atoms. The van der Waals surface area contributed by atoms with Crippen molar-refractivity contribution >= 4 is 40.8 Å². The lowest BCUT2D eigenvalue weighted by Crippen LogP contribution is -2.14. The normalized spacial score (nSPS) is 10.5. The van der Waals surface area contributed by atoms with Gasteiger partial charge in [0.15, 0.2) is 0 Å². The first-order valence-electron chi connectivity index (χ1n) is 5.16. The van der Waals surface area contributed by atoms with E-state index >= 15 is 0 Å². The molecule has 0 saturated carbocycles. The van der Waals surface area contributed by atoms with Crippen LogP contribution in [0.4, 0.5) is 5.69 Å². The zero-order valence-electron chi connectivity index (χ0n) is 9.67. The maximum absolute atomic E-state index is 11.9. The van der Waals surface area contributed by atoms with E-state index in [1.165, 1.54) is 12.3 Å². The molecule has 19 heavy (non-hydrogen) atoms. The van der Waals surface area contributed by atoms with Crippen molar-refractivity contribution in [1.29, 1.82) is 0 Å². The number of aromatic amines is 2. The van der Waals surface area contributed by atoms with E-state index in [4.69, 9.17) is 28.3 Å². The Morgan fingerprint density at radius 1 is 1.37 bits per heavy atom. The minimum atomic E-state index is -1.13. The Morgan fingerprint density at radius 3 is 2.58 bits per heavy atom. The van der Waals surface area contributed by atoms with Gasteiger partial charge in [-0.25, -0.2) is 4.79 Å². The van der Waals surface area contributed by atoms with Gasteiger partial charge < -0.3 is 20.4 Å². The van der Waals surface area contributed by atoms with E-state index in [1.54, 1.807) is 6.92 Å². The number of carbonyl (C=O) groups is 2. The second-order valence-electron chi connectivity index (χ2n) is 3.81. The first kappa shape index (κ1) is 13.5. The number of hydrogen-bond acceptors (Lipinski definition) is 2. The number of aromatic nitrogens is 2. The van der Waals surface area contributed by atoms with Gasteiger partial charge in [0.05, 0.1) is 10.7 Å². The predicted molar refractivity (Wildman–Crippen MR) is 71.3 cm³/mol. The summed E-state index contributed by atoms with van der Waals surface area (Å²) in [6.45, 7) is 1.60. The van der Waals surface area contributed by atoms with Gasteiger partial charge >= 0.3 is 5.97 Å². The molecule has 1 amide bonds. The monoisotopic (exact) mass is 301 g/mol. The molecule has 0 radical (unpaired) electrons. The zero-order chi connectivity index (χ0) is 14.2. The second-order valence-corrected chi connectivity index (χ2v) is 4.59. The van der Waals surface area contributed by atoms with Gasteiger partial charge in [0.25, 0.3) is 5.91 Å². The van der Waals surface area contributed by atoms with E-state index in [0.29, 0.717) is 5.69 Å². The van der Waals surface area contributed by atoms with Gasteiger partial charge in [0.1, 0.15) is 16.4 Å². The third kappa shape index (κ3) is 2.59. The van der Waals surface area contributed by atoms with Crippen LogP contribution in [-0.4, -0.2) is 27.0 Å². The molecular weight excluding hydrogens is 293 g/mol. The van der Waals surface area contributed by atoms with E-state index < -0.39 is 11.9 Å². The maximum atomic E-state index is 11.9. The lowest BCUT2D eigenvalue weighted by Gasteiger charge is -2.03. The molecule has 2 aromatic heterocycles. The first-order chi connectivity index (χ1) is 8.90. The summed E-state index contributed by atoms with van der Waals surface area (Å²) in [5.41, 5.74) is 0.782. The van der Waals surface area contributed by atoms with Gasteiger partial charge in [-0.3, -0.25) is 4.79 Å². The Morgan fingerprint density at radius 2 is 2.05 bits per heavy atom. The molecule has 6 nitrogen and oxygen atoms in total. The molecule has 100 valence electrons. The van der Waals surface area contributed by atoms with Crippen LogP contribution < -0.4 is 5.32 Å². The summed E-state index contributed by atoms with van der Waals surface area (Å²) in [5, 5.41) is 11.9. The summed E-state index contributed by atoms with van der Waals surface area (Å²) in [7, 11) is 0. The summed E-state index contributed by atoms with van der Waals surface area (Å²) in [6.07, 6.45) is 1.41. The number of aryl methyl sites for hydroxylation is 1. The summed E-state index contributed by atoms with van der Waals surface area (Å²) in [5.74, 6) is -1.66. The highest BCUT2D eigenvalue weighted by Gasteiger charge is 2.19. The fourth-order valence-electron chi connectivity index (χ4n) is 1.62. The Balaban J connectivity index is 2.27. The number of amides is 1. The van der Waals surface area contributed by atoms with Crippen LogP contribution in [0.2, 0.25) is 10.2 Å². The van der Waals surface area contributed by atoms with Crippen molar-refractivity contribution < 1.29 is 14.7 Å². The van der Waals surface area contributed by atoms with Gasteiger partial charge in [-0.05, 0) is 13.0 Å². The number of hydrogen-bond donors (Lipinski definition) is 4. The molecule has 8 heteroatoms. The van der Waals surface area contributed by atoms with Crippen LogP contribution in [0.25, 0.3) is 0 Å². The van der Waals surface area contributed by atoms with Crippen LogP contribution in [0.1, 0.15) is 26.5 Å². The van der Waals surface area contributed by atoms with Gasteiger partial charge in [0, 0.05) is 11.9 Å². The SMILES string of the molecule is Cc1[nH]cc(NC(=O)c2cc(Cl)c(Cl)[nH]2)c1C(=O)O. The van der Waals surface area contributed by atoms with Crippen LogP contribution in [0.3, 0.4) is 0 Å². The van der Waals surface area contributed by atoms with E-state index in [9.17, 15) is 9.59 Å². The van der Waals surface area contributed by atoms with E-state index in [1.807, 2.05) is 0 Å². The topological polar surface area (TPSA) is 98.0 Å². The standard InChI is InChI=1S/C11H9Cl2N3O3/c1-4-8(11(18)19)7(3-14-4)16-10(17)6-2-5(12)9(13)15-6/h2-3,14-15H,1H3,(H,16,17)(H,18,19). The van der Waals surface area contributed by atoms with Crippen molar-refractivity contribution in [1.82, 2.24) is 9.97 Å².